The molecule has 3 aliphatic rings. The molecule has 3 fully saturated rings. The minimum Gasteiger partial charge on any atom is -0.394 e. The summed E-state index contributed by atoms with van der Waals surface area (Å²) in [6, 6.07) is -1.00. The van der Waals surface area contributed by atoms with E-state index in [1.165, 1.54) is 135 Å². The van der Waals surface area contributed by atoms with Crippen molar-refractivity contribution >= 4 is 5.91 Å². The van der Waals surface area contributed by atoms with Gasteiger partial charge in [0.2, 0.25) is 5.91 Å². The summed E-state index contributed by atoms with van der Waals surface area (Å²) < 4.78 is 34.4. The molecule has 19 nitrogen and oxygen atoms in total. The fraction of sp³-hybridized carbons (Fsp3) is 0.744. The number of unbranched alkanes of at least 4 members (excludes halogenated alkanes) is 26. The Kier molecular flexibility index (Phi) is 55.5. The molecule has 12 N–H and O–H groups in total. The lowest BCUT2D eigenvalue weighted by molar-refractivity contribution is -0.379. The van der Waals surface area contributed by atoms with Gasteiger partial charge in [0.1, 0.15) is 73.2 Å². The third-order valence-corrected chi connectivity index (χ3v) is 18.7. The van der Waals surface area contributed by atoms with Crippen LogP contribution in [0.25, 0.3) is 0 Å². The summed E-state index contributed by atoms with van der Waals surface area (Å²) in [5, 5.41) is 121. The van der Waals surface area contributed by atoms with Crippen molar-refractivity contribution in [2.24, 2.45) is 0 Å². The van der Waals surface area contributed by atoms with Crippen LogP contribution in [-0.4, -0.2) is 193 Å². The quantitative estimate of drug-likeness (QED) is 0.0199. The molecule has 0 aromatic carbocycles. The zero-order valence-corrected chi connectivity index (χ0v) is 61.8. The second-order valence-corrected chi connectivity index (χ2v) is 27.4. The van der Waals surface area contributed by atoms with Crippen molar-refractivity contribution in [3.63, 3.8) is 0 Å². The molecule has 0 spiro atoms. The van der Waals surface area contributed by atoms with Crippen LogP contribution in [0.3, 0.4) is 0 Å². The Morgan fingerprint density at radius 2 is 0.693 bits per heavy atom. The summed E-state index contributed by atoms with van der Waals surface area (Å²) in [5.41, 5.74) is 0. The van der Waals surface area contributed by atoms with E-state index in [9.17, 15) is 61.0 Å². The highest BCUT2D eigenvalue weighted by molar-refractivity contribution is 5.76. The molecule has 3 saturated heterocycles. The van der Waals surface area contributed by atoms with Crippen LogP contribution < -0.4 is 5.32 Å². The Balaban J connectivity index is 1.33. The number of allylic oxidation sites excluding steroid dienone is 19. The number of aliphatic hydroxyl groups is 11. The van der Waals surface area contributed by atoms with E-state index in [1.54, 1.807) is 6.08 Å². The lowest BCUT2D eigenvalue weighted by atomic mass is 9.96. The van der Waals surface area contributed by atoms with Gasteiger partial charge in [-0.15, -0.1) is 0 Å². The predicted molar refractivity (Wildman–Crippen MR) is 401 cm³/mol. The Bertz CT molecular complexity index is 2300. The first-order chi connectivity index (χ1) is 49.3. The molecule has 3 heterocycles. The van der Waals surface area contributed by atoms with Gasteiger partial charge < -0.3 is 89.9 Å². The van der Waals surface area contributed by atoms with E-state index in [1.807, 2.05) is 6.08 Å². The first-order valence-electron chi connectivity index (χ1n) is 39.3. The van der Waals surface area contributed by atoms with Crippen molar-refractivity contribution in [1.29, 1.82) is 0 Å². The van der Waals surface area contributed by atoms with Crippen LogP contribution in [-0.2, 0) is 33.2 Å². The number of rotatable bonds is 60. The van der Waals surface area contributed by atoms with Gasteiger partial charge in [0, 0.05) is 6.42 Å². The number of amides is 1. The van der Waals surface area contributed by atoms with Crippen LogP contribution in [0.1, 0.15) is 258 Å². The van der Waals surface area contributed by atoms with E-state index < -0.39 is 124 Å². The molecule has 0 bridgehead atoms. The first kappa shape index (κ1) is 91.4. The lowest BCUT2D eigenvalue weighted by Gasteiger charge is -2.48. The molecule has 17 unspecified atom stereocenters. The van der Waals surface area contributed by atoms with Crippen LogP contribution in [0.5, 0.6) is 0 Å². The standard InChI is InChI=1S/C82H139NO18/c1-3-5-7-9-11-13-15-17-19-21-22-23-24-25-26-27-28-29-30-31-32-33-34-35-36-37-38-39-40-41-42-44-46-48-50-52-54-56-58-60-70(88)83-65(66(87)59-57-55-53-51-49-47-45-43-20-18-16-14-12-10-8-6-4-2)64-96-80-76(94)73(91)78(68(62-85)98-80)101-82-77(95)74(92)79(69(63-86)99-82)100-81-75(93)72(90)71(89)67(61-84)97-81/h5,7,11,13,17,19-20,22-23,25-26,28-29,31-32,43,49,51,57,59,65-69,71-82,84-87,89-95H,3-4,6,8-10,12,14-16,18,21,24,27,30,33-42,44-48,50,52-56,58,60-64H2,1-2H3,(H,83,88)/b7-5-,13-11-,19-17-,23-22-,26-25-,29-28-,32-31-,43-20+,51-49+,59-57+. The van der Waals surface area contributed by atoms with Gasteiger partial charge in [0.25, 0.3) is 0 Å². The molecule has 0 radical (unpaired) electrons. The molecule has 17 atom stereocenters. The van der Waals surface area contributed by atoms with Gasteiger partial charge >= 0.3 is 0 Å². The van der Waals surface area contributed by atoms with Crippen molar-refractivity contribution in [2.45, 2.75) is 362 Å². The maximum atomic E-state index is 13.4. The summed E-state index contributed by atoms with van der Waals surface area (Å²) in [4.78, 5) is 13.4. The smallest absolute Gasteiger partial charge is 0.220 e. The minimum absolute atomic E-state index is 0.227. The van der Waals surface area contributed by atoms with E-state index in [4.69, 9.17) is 28.4 Å². The molecule has 0 saturated carbocycles. The lowest BCUT2D eigenvalue weighted by Crippen LogP contribution is -2.66. The van der Waals surface area contributed by atoms with Gasteiger partial charge in [-0.05, 0) is 103 Å². The van der Waals surface area contributed by atoms with E-state index in [0.717, 1.165) is 89.9 Å². The molecule has 0 aromatic rings. The molecule has 0 aromatic heterocycles. The van der Waals surface area contributed by atoms with Gasteiger partial charge in [-0.3, -0.25) is 4.79 Å². The van der Waals surface area contributed by atoms with Crippen LogP contribution in [0.4, 0.5) is 0 Å². The highest BCUT2D eigenvalue weighted by atomic mass is 16.8. The van der Waals surface area contributed by atoms with Crippen LogP contribution in [0, 0.1) is 0 Å². The zero-order valence-electron chi connectivity index (χ0n) is 61.8. The van der Waals surface area contributed by atoms with E-state index in [0.29, 0.717) is 12.8 Å². The molecular weight excluding hydrogens is 1290 g/mol. The van der Waals surface area contributed by atoms with Gasteiger partial charge in [0.05, 0.1) is 38.6 Å². The topological polar surface area (TPSA) is 307 Å². The molecule has 580 valence electrons. The second-order valence-electron chi connectivity index (χ2n) is 27.4. The molecule has 3 rings (SSSR count). The third-order valence-electron chi connectivity index (χ3n) is 18.7. The molecule has 0 aliphatic carbocycles. The molecular formula is C82H139NO18. The largest absolute Gasteiger partial charge is 0.394 e. The Morgan fingerprint density at radius 1 is 0.366 bits per heavy atom. The summed E-state index contributed by atoms with van der Waals surface area (Å²) in [6.45, 7) is 1.58. The second kappa shape index (κ2) is 61.4. The van der Waals surface area contributed by atoms with Crippen molar-refractivity contribution in [2.75, 3.05) is 26.4 Å². The summed E-state index contributed by atoms with van der Waals surface area (Å²) in [5.74, 6) is -0.292. The van der Waals surface area contributed by atoms with Crippen molar-refractivity contribution < 1.29 is 89.4 Å². The average Bonchev–Trinajstić information content (AvgIpc) is 0.792. The highest BCUT2D eigenvalue weighted by Gasteiger charge is 2.53. The van der Waals surface area contributed by atoms with Crippen molar-refractivity contribution in [3.05, 3.63) is 122 Å². The van der Waals surface area contributed by atoms with Crippen LogP contribution >= 0.6 is 0 Å². The third kappa shape index (κ3) is 41.6. The van der Waals surface area contributed by atoms with Crippen molar-refractivity contribution in [1.82, 2.24) is 5.32 Å². The SMILES string of the molecule is CC/C=C\C/C=C\C/C=C\C/C=C\C/C=C\C/C=C\C/C=C\CCCCCCCCCCCCCCCCCCCC(=O)NC(COC1OC(CO)C(OC2OC(CO)C(OC3OC(CO)C(O)C(O)C3O)C(O)C2O)C(O)C1O)C(O)/C=C/CC/C=C/CC/C=C/CCCCCCCCC. The molecule has 101 heavy (non-hydrogen) atoms. The summed E-state index contributed by atoms with van der Waals surface area (Å²) in [6.07, 6.45) is 59.1. The van der Waals surface area contributed by atoms with E-state index >= 15 is 0 Å². The van der Waals surface area contributed by atoms with Gasteiger partial charge in [-0.25, -0.2) is 0 Å². The first-order valence-corrected chi connectivity index (χ1v) is 39.3. The summed E-state index contributed by atoms with van der Waals surface area (Å²) in [7, 11) is 0. The Labute approximate surface area is 608 Å². The highest BCUT2D eigenvalue weighted by Crippen LogP contribution is 2.33. The van der Waals surface area contributed by atoms with Gasteiger partial charge in [-0.1, -0.05) is 270 Å². The maximum Gasteiger partial charge on any atom is 0.220 e. The molecule has 3 aliphatic heterocycles. The van der Waals surface area contributed by atoms with Crippen LogP contribution in [0.2, 0.25) is 0 Å². The minimum atomic E-state index is -1.99. The normalized spacial score (nSPS) is 27.0. The number of nitrogens with one attached hydrogen (secondary N) is 1. The van der Waals surface area contributed by atoms with Gasteiger partial charge in [-0.2, -0.15) is 0 Å². The van der Waals surface area contributed by atoms with E-state index in [2.05, 4.69) is 129 Å². The molecule has 1 amide bonds. The number of carbonyl (C=O) groups excluding carboxylic acids is 1. The number of carbonyl (C=O) groups is 1. The van der Waals surface area contributed by atoms with Crippen LogP contribution in [0.15, 0.2) is 122 Å². The molecule has 19 heteroatoms. The average molecular weight is 1430 g/mol. The Hall–Kier alpha value is -3.81. The Morgan fingerprint density at radius 3 is 1.11 bits per heavy atom. The number of ether oxygens (including phenoxy) is 6. The zero-order chi connectivity index (χ0) is 73.2. The van der Waals surface area contributed by atoms with Crippen molar-refractivity contribution in [3.8, 4) is 0 Å². The fourth-order valence-electron chi connectivity index (χ4n) is 12.4. The summed E-state index contributed by atoms with van der Waals surface area (Å²) >= 11 is 0. The number of aliphatic hydroxyl groups excluding tert-OH is 11. The fourth-order valence-corrected chi connectivity index (χ4v) is 12.4. The number of hydrogen-bond donors (Lipinski definition) is 12. The number of hydrogen-bond acceptors (Lipinski definition) is 18. The predicted octanol–water partition coefficient (Wildman–Crippen LogP) is 12.7. The maximum absolute atomic E-state index is 13.4. The van der Waals surface area contributed by atoms with Gasteiger partial charge in [0.15, 0.2) is 18.9 Å². The monoisotopic (exact) mass is 1430 g/mol. The van der Waals surface area contributed by atoms with E-state index in [-0.39, 0.29) is 18.9 Å².